The molecule has 0 saturated heterocycles. The van der Waals surface area contributed by atoms with Gasteiger partial charge < -0.3 is 14.8 Å². The third kappa shape index (κ3) is 3.88. The summed E-state index contributed by atoms with van der Waals surface area (Å²) in [6.07, 6.45) is 4.93. The number of halogens is 2. The van der Waals surface area contributed by atoms with Gasteiger partial charge in [0.2, 0.25) is 5.43 Å². The molecule has 6 nitrogen and oxygen atoms in total. The fourth-order valence-corrected chi connectivity index (χ4v) is 3.88. The Morgan fingerprint density at radius 1 is 1.31 bits per heavy atom. The highest BCUT2D eigenvalue weighted by atomic mass is 35.5. The van der Waals surface area contributed by atoms with Crippen LogP contribution < -0.4 is 10.7 Å². The molecule has 1 aliphatic rings. The van der Waals surface area contributed by atoms with Crippen LogP contribution in [0, 0.1) is 17.1 Å². The number of anilines is 1. The number of nitrogens with zero attached hydrogens (tertiary/aromatic N) is 4. The molecule has 2 aromatic heterocycles. The maximum atomic E-state index is 14.4. The first-order valence-electron chi connectivity index (χ1n) is 9.81. The van der Waals surface area contributed by atoms with Crippen LogP contribution >= 0.6 is 11.6 Å². The minimum atomic E-state index is -0.487. The van der Waals surface area contributed by atoms with Gasteiger partial charge in [0.1, 0.15) is 23.1 Å². The lowest BCUT2D eigenvalue weighted by atomic mass is 10.1. The minimum absolute atomic E-state index is 0.0322. The summed E-state index contributed by atoms with van der Waals surface area (Å²) >= 11 is 5.90. The summed E-state index contributed by atoms with van der Waals surface area (Å²) in [5.41, 5.74) is 2.28. The zero-order valence-corrected chi connectivity index (χ0v) is 17.9. The number of hydrogen-bond acceptors (Lipinski definition) is 5. The Labute approximate surface area is 189 Å². The molecule has 3 heterocycles. The molecule has 0 spiro atoms. The Hall–Kier alpha value is -3.89. The Morgan fingerprint density at radius 3 is 2.84 bits per heavy atom. The SMILES string of the molecule is C=C(Nc1cn2c(c(C#N)c1=O)C(=C)N(Cc1cccc(Cl)c1F)CC2)c1cccnc1. The van der Waals surface area contributed by atoms with E-state index in [1.165, 1.54) is 6.07 Å². The maximum absolute atomic E-state index is 14.4. The largest absolute Gasteiger partial charge is 0.364 e. The van der Waals surface area contributed by atoms with Crippen molar-refractivity contribution in [1.82, 2.24) is 14.5 Å². The van der Waals surface area contributed by atoms with Gasteiger partial charge in [-0.3, -0.25) is 9.78 Å². The molecule has 1 aliphatic heterocycles. The molecular formula is C24H19ClFN5O. The molecule has 0 fully saturated rings. The van der Waals surface area contributed by atoms with E-state index in [0.717, 1.165) is 5.56 Å². The molecule has 1 N–H and O–H groups in total. The van der Waals surface area contributed by atoms with Crippen molar-refractivity contribution in [2.24, 2.45) is 0 Å². The lowest BCUT2D eigenvalue weighted by Gasteiger charge is -2.34. The predicted octanol–water partition coefficient (Wildman–Crippen LogP) is 4.48. The van der Waals surface area contributed by atoms with Crippen LogP contribution in [-0.4, -0.2) is 21.0 Å². The van der Waals surface area contributed by atoms with Gasteiger partial charge in [-0.25, -0.2) is 4.39 Å². The number of rotatable bonds is 5. The molecule has 1 aromatic carbocycles. The van der Waals surface area contributed by atoms with Crippen molar-refractivity contribution in [2.45, 2.75) is 13.1 Å². The third-order valence-corrected chi connectivity index (χ3v) is 5.64. The molecule has 0 saturated carbocycles. The second-order valence-electron chi connectivity index (χ2n) is 7.33. The molecule has 0 atom stereocenters. The van der Waals surface area contributed by atoms with Crippen LogP contribution in [-0.2, 0) is 13.1 Å². The number of hydrogen-bond donors (Lipinski definition) is 1. The Balaban J connectivity index is 1.67. The molecule has 32 heavy (non-hydrogen) atoms. The maximum Gasteiger partial charge on any atom is 0.223 e. The van der Waals surface area contributed by atoms with E-state index in [1.807, 2.05) is 21.6 Å². The highest BCUT2D eigenvalue weighted by molar-refractivity contribution is 6.30. The van der Waals surface area contributed by atoms with Crippen molar-refractivity contribution < 1.29 is 4.39 Å². The van der Waals surface area contributed by atoms with E-state index in [4.69, 9.17) is 11.6 Å². The van der Waals surface area contributed by atoms with Gasteiger partial charge in [0.25, 0.3) is 0 Å². The first-order valence-corrected chi connectivity index (χ1v) is 10.2. The molecule has 8 heteroatoms. The van der Waals surface area contributed by atoms with Crippen molar-refractivity contribution in [2.75, 3.05) is 11.9 Å². The summed E-state index contributed by atoms with van der Waals surface area (Å²) in [5.74, 6) is -0.487. The van der Waals surface area contributed by atoms with E-state index in [1.54, 1.807) is 36.8 Å². The van der Waals surface area contributed by atoms with Gasteiger partial charge in [-0.1, -0.05) is 36.9 Å². The quantitative estimate of drug-likeness (QED) is 0.624. The molecule has 0 amide bonds. The topological polar surface area (TPSA) is 74.0 Å². The monoisotopic (exact) mass is 447 g/mol. The molecule has 0 bridgehead atoms. The average Bonchev–Trinajstić information content (AvgIpc) is 2.80. The normalized spacial score (nSPS) is 12.8. The summed E-state index contributed by atoms with van der Waals surface area (Å²) in [6, 6.07) is 10.4. The van der Waals surface area contributed by atoms with E-state index in [9.17, 15) is 14.4 Å². The summed E-state index contributed by atoms with van der Waals surface area (Å²) in [4.78, 5) is 18.9. The first kappa shape index (κ1) is 21.3. The number of benzene rings is 1. The van der Waals surface area contributed by atoms with Crippen LogP contribution in [0.3, 0.4) is 0 Å². The van der Waals surface area contributed by atoms with Crippen molar-refractivity contribution in [3.8, 4) is 6.07 Å². The van der Waals surface area contributed by atoms with Crippen molar-refractivity contribution in [3.63, 3.8) is 0 Å². The van der Waals surface area contributed by atoms with Crippen LogP contribution in [0.1, 0.15) is 22.4 Å². The second-order valence-corrected chi connectivity index (χ2v) is 7.73. The highest BCUT2D eigenvalue weighted by Gasteiger charge is 2.26. The van der Waals surface area contributed by atoms with E-state index in [0.29, 0.717) is 35.7 Å². The average molecular weight is 448 g/mol. The predicted molar refractivity (Wildman–Crippen MR) is 123 cm³/mol. The molecular weight excluding hydrogens is 429 g/mol. The lowest BCUT2D eigenvalue weighted by Crippen LogP contribution is -2.35. The lowest BCUT2D eigenvalue weighted by molar-refractivity contribution is 0.337. The summed E-state index contributed by atoms with van der Waals surface area (Å²) in [7, 11) is 0. The summed E-state index contributed by atoms with van der Waals surface area (Å²) in [5, 5.41) is 12.8. The zero-order chi connectivity index (χ0) is 22.8. The van der Waals surface area contributed by atoms with Crippen molar-refractivity contribution in [1.29, 1.82) is 5.26 Å². The van der Waals surface area contributed by atoms with Crippen molar-refractivity contribution >= 4 is 28.7 Å². The molecule has 160 valence electrons. The van der Waals surface area contributed by atoms with Crippen LogP contribution in [0.2, 0.25) is 5.02 Å². The van der Waals surface area contributed by atoms with Gasteiger partial charge in [-0.05, 0) is 18.2 Å². The van der Waals surface area contributed by atoms with Crippen LogP contribution in [0.25, 0.3) is 11.4 Å². The number of aromatic nitrogens is 2. The zero-order valence-electron chi connectivity index (χ0n) is 17.1. The molecule has 0 aliphatic carbocycles. The van der Waals surface area contributed by atoms with Crippen LogP contribution in [0.15, 0.2) is 66.9 Å². The second kappa shape index (κ2) is 8.69. The Morgan fingerprint density at radius 2 is 2.12 bits per heavy atom. The Bertz CT molecular complexity index is 1330. The number of nitrogens with one attached hydrogen (secondary N) is 1. The number of fused-ring (bicyclic) bond motifs is 1. The highest BCUT2D eigenvalue weighted by Crippen LogP contribution is 2.29. The van der Waals surface area contributed by atoms with Gasteiger partial charge in [-0.15, -0.1) is 0 Å². The van der Waals surface area contributed by atoms with Gasteiger partial charge in [0.05, 0.1) is 16.4 Å². The number of nitriles is 1. The van der Waals surface area contributed by atoms with E-state index in [-0.39, 0.29) is 22.8 Å². The van der Waals surface area contributed by atoms with E-state index < -0.39 is 11.2 Å². The fraction of sp³-hybridized carbons (Fsp3) is 0.125. The fourth-order valence-electron chi connectivity index (χ4n) is 3.68. The summed E-state index contributed by atoms with van der Waals surface area (Å²) in [6.45, 7) is 9.28. The first-order chi connectivity index (χ1) is 15.4. The van der Waals surface area contributed by atoms with Crippen LogP contribution in [0.5, 0.6) is 0 Å². The van der Waals surface area contributed by atoms with E-state index in [2.05, 4.69) is 23.5 Å². The van der Waals surface area contributed by atoms with Gasteiger partial charge >= 0.3 is 0 Å². The Kier molecular flexibility index (Phi) is 5.80. The molecule has 0 unspecified atom stereocenters. The molecule has 0 radical (unpaired) electrons. The number of pyridine rings is 2. The van der Waals surface area contributed by atoms with E-state index >= 15 is 0 Å². The standard InChI is InChI=1S/C24H19ClFN5O/c1-15(17-6-4-8-28-12-17)29-21-14-31-10-9-30(13-18-5-3-7-20(25)22(18)26)16(2)23(31)19(11-27)24(21)32/h3-8,12,14,29H,1-2,9-10,13H2. The van der Waals surface area contributed by atoms with Gasteiger partial charge in [-0.2, -0.15) is 5.26 Å². The smallest absolute Gasteiger partial charge is 0.223 e. The van der Waals surface area contributed by atoms with Crippen LogP contribution in [0.4, 0.5) is 10.1 Å². The summed E-state index contributed by atoms with van der Waals surface area (Å²) < 4.78 is 16.2. The van der Waals surface area contributed by atoms with Crippen molar-refractivity contribution in [3.05, 3.63) is 106 Å². The molecule has 4 rings (SSSR count). The third-order valence-electron chi connectivity index (χ3n) is 5.35. The minimum Gasteiger partial charge on any atom is -0.364 e. The van der Waals surface area contributed by atoms with Gasteiger partial charge in [0.15, 0.2) is 0 Å². The van der Waals surface area contributed by atoms with Gasteiger partial charge in [0, 0.05) is 55.0 Å². The molecule has 3 aromatic rings.